The van der Waals surface area contributed by atoms with E-state index in [2.05, 4.69) is 0 Å². The van der Waals surface area contributed by atoms with Crippen molar-refractivity contribution in [1.29, 1.82) is 0 Å². The lowest BCUT2D eigenvalue weighted by Gasteiger charge is -2.26. The molecule has 2 bridgehead atoms. The third-order valence-corrected chi connectivity index (χ3v) is 4.16. The van der Waals surface area contributed by atoms with E-state index in [1.807, 2.05) is 0 Å². The molecule has 2 aliphatic carbocycles. The first-order chi connectivity index (χ1) is 7.67. The van der Waals surface area contributed by atoms with Gasteiger partial charge in [-0.3, -0.25) is 9.59 Å². The average molecular weight is 226 g/mol. The number of carbonyl (C=O) groups excluding carboxylic acids is 2. The van der Waals surface area contributed by atoms with Crippen molar-refractivity contribution in [3.63, 3.8) is 0 Å². The number of hydrogen-bond acceptors (Lipinski definition) is 4. The summed E-state index contributed by atoms with van der Waals surface area (Å²) in [5, 5.41) is 0. The number of methoxy groups -OCH3 is 2. The van der Waals surface area contributed by atoms with Crippen LogP contribution in [0.2, 0.25) is 0 Å². The molecule has 0 aromatic heterocycles. The van der Waals surface area contributed by atoms with Gasteiger partial charge in [-0.15, -0.1) is 0 Å². The molecule has 2 fully saturated rings. The van der Waals surface area contributed by atoms with Gasteiger partial charge in [0.15, 0.2) is 0 Å². The molecule has 2 saturated carbocycles. The second-order valence-electron chi connectivity index (χ2n) is 4.83. The largest absolute Gasteiger partial charge is 0.469 e. The summed E-state index contributed by atoms with van der Waals surface area (Å²) < 4.78 is 9.62. The fourth-order valence-corrected chi connectivity index (χ4v) is 3.35. The van der Waals surface area contributed by atoms with Gasteiger partial charge in [-0.2, -0.15) is 0 Å². The van der Waals surface area contributed by atoms with Gasteiger partial charge in [-0.25, -0.2) is 0 Å². The van der Waals surface area contributed by atoms with Crippen LogP contribution >= 0.6 is 0 Å². The molecule has 2 rings (SSSR count). The Morgan fingerprint density at radius 2 is 1.50 bits per heavy atom. The Kier molecular flexibility index (Phi) is 3.17. The molecule has 0 aromatic rings. The highest BCUT2D eigenvalue weighted by Crippen LogP contribution is 2.49. The third-order valence-electron chi connectivity index (χ3n) is 4.16. The Labute approximate surface area is 95.3 Å². The Morgan fingerprint density at radius 3 is 2.12 bits per heavy atom. The van der Waals surface area contributed by atoms with E-state index in [0.717, 1.165) is 25.7 Å². The molecule has 0 aliphatic heterocycles. The fraction of sp³-hybridized carbons (Fsp3) is 0.833. The maximum absolute atomic E-state index is 11.6. The van der Waals surface area contributed by atoms with E-state index in [1.165, 1.54) is 14.2 Å². The molecule has 16 heavy (non-hydrogen) atoms. The van der Waals surface area contributed by atoms with Gasteiger partial charge in [0.1, 0.15) is 0 Å². The maximum atomic E-state index is 11.6. The van der Waals surface area contributed by atoms with Gasteiger partial charge in [0.2, 0.25) is 0 Å². The zero-order valence-electron chi connectivity index (χ0n) is 9.77. The van der Waals surface area contributed by atoms with Crippen LogP contribution in [-0.2, 0) is 19.1 Å². The molecular weight excluding hydrogens is 208 g/mol. The van der Waals surface area contributed by atoms with E-state index >= 15 is 0 Å². The number of ether oxygens (including phenoxy) is 2. The van der Waals surface area contributed by atoms with Crippen molar-refractivity contribution >= 4 is 11.9 Å². The first-order valence-electron chi connectivity index (χ1n) is 5.83. The van der Waals surface area contributed by atoms with Crippen molar-refractivity contribution in [3.8, 4) is 0 Å². The number of fused-ring (bicyclic) bond motifs is 2. The van der Waals surface area contributed by atoms with Crippen molar-refractivity contribution in [3.05, 3.63) is 0 Å². The van der Waals surface area contributed by atoms with Crippen LogP contribution in [-0.4, -0.2) is 26.2 Å². The standard InChI is InChI=1S/C12H18O4/c1-15-11(13)9-4-3-7-5-8(9)6-10(7)12(14)16-2/h7-10H,3-6H2,1-2H3. The SMILES string of the molecule is COC(=O)C1CCC2CC1CC2C(=O)OC. The predicted molar refractivity (Wildman–Crippen MR) is 56.5 cm³/mol. The maximum Gasteiger partial charge on any atom is 0.308 e. The van der Waals surface area contributed by atoms with Gasteiger partial charge in [0.05, 0.1) is 26.1 Å². The molecule has 90 valence electrons. The quantitative estimate of drug-likeness (QED) is 0.667. The summed E-state index contributed by atoms with van der Waals surface area (Å²) in [5.74, 6) is 0.501. The fourth-order valence-electron chi connectivity index (χ4n) is 3.35. The van der Waals surface area contributed by atoms with Crippen LogP contribution in [0.4, 0.5) is 0 Å². The van der Waals surface area contributed by atoms with Crippen LogP contribution in [0.5, 0.6) is 0 Å². The number of carbonyl (C=O) groups is 2. The molecule has 0 N–H and O–H groups in total. The van der Waals surface area contributed by atoms with Crippen LogP contribution in [0.1, 0.15) is 25.7 Å². The van der Waals surface area contributed by atoms with Gasteiger partial charge in [-0.05, 0) is 37.5 Å². The van der Waals surface area contributed by atoms with Gasteiger partial charge in [-0.1, -0.05) is 0 Å². The van der Waals surface area contributed by atoms with Gasteiger partial charge in [0, 0.05) is 0 Å². The second-order valence-corrected chi connectivity index (χ2v) is 4.83. The van der Waals surface area contributed by atoms with E-state index < -0.39 is 0 Å². The summed E-state index contributed by atoms with van der Waals surface area (Å²) in [4.78, 5) is 23.1. The molecule has 2 aliphatic rings. The molecule has 4 heteroatoms. The highest BCUT2D eigenvalue weighted by molar-refractivity contribution is 5.75. The van der Waals surface area contributed by atoms with E-state index in [0.29, 0.717) is 11.8 Å². The van der Waals surface area contributed by atoms with Crippen molar-refractivity contribution in [1.82, 2.24) is 0 Å². The molecule has 0 amide bonds. The van der Waals surface area contributed by atoms with E-state index in [-0.39, 0.29) is 23.8 Å². The summed E-state index contributed by atoms with van der Waals surface area (Å²) in [5.41, 5.74) is 0. The Bertz CT molecular complexity index is 285. The van der Waals surface area contributed by atoms with E-state index in [1.54, 1.807) is 0 Å². The van der Waals surface area contributed by atoms with Crippen molar-refractivity contribution in [2.24, 2.45) is 23.7 Å². The van der Waals surface area contributed by atoms with Crippen molar-refractivity contribution in [2.75, 3.05) is 14.2 Å². The van der Waals surface area contributed by atoms with Crippen LogP contribution in [0, 0.1) is 23.7 Å². The summed E-state index contributed by atoms with van der Waals surface area (Å²) in [6.07, 6.45) is 3.56. The summed E-state index contributed by atoms with van der Waals surface area (Å²) >= 11 is 0. The molecule has 0 spiro atoms. The average Bonchev–Trinajstić information content (AvgIpc) is 2.65. The minimum atomic E-state index is -0.117. The third kappa shape index (κ3) is 1.81. The molecule has 4 atom stereocenters. The minimum Gasteiger partial charge on any atom is -0.469 e. The second kappa shape index (κ2) is 4.44. The lowest BCUT2D eigenvalue weighted by atomic mass is 9.79. The molecular formula is C12H18O4. The van der Waals surface area contributed by atoms with Gasteiger partial charge < -0.3 is 9.47 Å². The Morgan fingerprint density at radius 1 is 0.875 bits per heavy atom. The summed E-state index contributed by atoms with van der Waals surface area (Å²) in [6, 6.07) is 0. The minimum absolute atomic E-state index is 0.00379. The lowest BCUT2D eigenvalue weighted by Crippen LogP contribution is -2.27. The van der Waals surface area contributed by atoms with Gasteiger partial charge >= 0.3 is 11.9 Å². The van der Waals surface area contributed by atoms with Crippen molar-refractivity contribution in [2.45, 2.75) is 25.7 Å². The van der Waals surface area contributed by atoms with E-state index in [9.17, 15) is 9.59 Å². The number of esters is 2. The molecule has 0 saturated heterocycles. The summed E-state index contributed by atoms with van der Waals surface area (Å²) in [6.45, 7) is 0. The molecule has 4 unspecified atom stereocenters. The summed E-state index contributed by atoms with van der Waals surface area (Å²) in [7, 11) is 2.86. The Balaban J connectivity index is 2.05. The molecule has 0 radical (unpaired) electrons. The van der Waals surface area contributed by atoms with Crippen LogP contribution in [0.15, 0.2) is 0 Å². The zero-order valence-corrected chi connectivity index (χ0v) is 9.77. The lowest BCUT2D eigenvalue weighted by molar-refractivity contribution is -0.148. The molecule has 0 heterocycles. The van der Waals surface area contributed by atoms with Gasteiger partial charge in [0.25, 0.3) is 0 Å². The van der Waals surface area contributed by atoms with Crippen LogP contribution in [0.3, 0.4) is 0 Å². The zero-order chi connectivity index (χ0) is 11.7. The first kappa shape index (κ1) is 11.4. The van der Waals surface area contributed by atoms with Crippen LogP contribution in [0.25, 0.3) is 0 Å². The predicted octanol–water partition coefficient (Wildman–Crippen LogP) is 1.38. The normalized spacial score (nSPS) is 36.9. The Hall–Kier alpha value is -1.06. The molecule has 4 nitrogen and oxygen atoms in total. The first-order valence-corrected chi connectivity index (χ1v) is 5.83. The monoisotopic (exact) mass is 226 g/mol. The van der Waals surface area contributed by atoms with Crippen molar-refractivity contribution < 1.29 is 19.1 Å². The number of rotatable bonds is 2. The van der Waals surface area contributed by atoms with Crippen LogP contribution < -0.4 is 0 Å². The highest BCUT2D eigenvalue weighted by Gasteiger charge is 2.47. The number of hydrogen-bond donors (Lipinski definition) is 0. The van der Waals surface area contributed by atoms with E-state index in [4.69, 9.17) is 9.47 Å². The smallest absolute Gasteiger partial charge is 0.308 e. The molecule has 0 aromatic carbocycles. The highest BCUT2D eigenvalue weighted by atomic mass is 16.5. The topological polar surface area (TPSA) is 52.6 Å².